The Bertz CT molecular complexity index is 310. The molecule has 1 unspecified atom stereocenters. The molecule has 1 aliphatic carbocycles. The van der Waals surface area contributed by atoms with Crippen LogP contribution in [0.5, 0.6) is 5.75 Å². The summed E-state index contributed by atoms with van der Waals surface area (Å²) in [7, 11) is 0. The Labute approximate surface area is 83.9 Å². The van der Waals surface area contributed by atoms with Crippen LogP contribution < -0.4 is 11.1 Å². The molecule has 0 saturated heterocycles. The number of benzene rings is 1. The molecule has 2 rings (SSSR count). The van der Waals surface area contributed by atoms with Gasteiger partial charge in [0.05, 0.1) is 0 Å². The van der Waals surface area contributed by atoms with Gasteiger partial charge in [-0.15, -0.1) is 0 Å². The van der Waals surface area contributed by atoms with Gasteiger partial charge in [0.1, 0.15) is 5.75 Å². The van der Waals surface area contributed by atoms with Crippen molar-refractivity contribution in [1.82, 2.24) is 5.32 Å². The molecule has 1 aromatic carbocycles. The van der Waals surface area contributed by atoms with Gasteiger partial charge in [0.15, 0.2) is 0 Å². The van der Waals surface area contributed by atoms with E-state index in [1.54, 1.807) is 6.07 Å². The van der Waals surface area contributed by atoms with Crippen LogP contribution in [-0.2, 0) is 0 Å². The van der Waals surface area contributed by atoms with Gasteiger partial charge in [0.25, 0.3) is 0 Å². The lowest BCUT2D eigenvalue weighted by molar-refractivity contribution is 0.446. The van der Waals surface area contributed by atoms with E-state index < -0.39 is 0 Å². The van der Waals surface area contributed by atoms with Crippen molar-refractivity contribution in [3.8, 4) is 5.75 Å². The summed E-state index contributed by atoms with van der Waals surface area (Å²) in [6.45, 7) is 0.522. The van der Waals surface area contributed by atoms with Gasteiger partial charge in [-0.1, -0.05) is 18.2 Å². The number of rotatable bonds is 4. The molecule has 0 heterocycles. The third-order valence-corrected chi connectivity index (χ3v) is 2.56. The molecule has 1 fully saturated rings. The molecule has 1 saturated carbocycles. The molecular formula is C11H16N2O. The standard InChI is InChI=1S/C11H16N2O/c12-7-10(13-8-5-6-8)9-3-1-2-4-11(9)14/h1-4,8,10,13-14H,5-7,12H2. The molecule has 1 atom stereocenters. The molecule has 0 radical (unpaired) electrons. The molecule has 0 aromatic heterocycles. The van der Waals surface area contributed by atoms with Gasteiger partial charge in [-0.3, -0.25) is 0 Å². The number of phenolic OH excluding ortho intramolecular Hbond substituents is 1. The van der Waals surface area contributed by atoms with Crippen LogP contribution in [0.3, 0.4) is 0 Å². The van der Waals surface area contributed by atoms with Crippen molar-refractivity contribution in [1.29, 1.82) is 0 Å². The smallest absolute Gasteiger partial charge is 0.120 e. The number of nitrogens with one attached hydrogen (secondary N) is 1. The highest BCUT2D eigenvalue weighted by atomic mass is 16.3. The van der Waals surface area contributed by atoms with Crippen molar-refractivity contribution in [3.63, 3.8) is 0 Å². The maximum absolute atomic E-state index is 9.65. The van der Waals surface area contributed by atoms with Crippen molar-refractivity contribution >= 4 is 0 Å². The Morgan fingerprint density at radius 2 is 2.14 bits per heavy atom. The van der Waals surface area contributed by atoms with Crippen LogP contribution in [0.15, 0.2) is 24.3 Å². The lowest BCUT2D eigenvalue weighted by Gasteiger charge is -2.17. The summed E-state index contributed by atoms with van der Waals surface area (Å²) in [5, 5.41) is 13.1. The molecule has 3 heteroatoms. The third kappa shape index (κ3) is 2.05. The fourth-order valence-corrected chi connectivity index (χ4v) is 1.60. The third-order valence-electron chi connectivity index (χ3n) is 2.56. The van der Waals surface area contributed by atoms with Crippen LogP contribution in [0.2, 0.25) is 0 Å². The predicted octanol–water partition coefficient (Wildman–Crippen LogP) is 1.14. The van der Waals surface area contributed by atoms with Crippen molar-refractivity contribution in [2.24, 2.45) is 5.73 Å². The van der Waals surface area contributed by atoms with Crippen LogP contribution in [0.25, 0.3) is 0 Å². The van der Waals surface area contributed by atoms with Gasteiger partial charge in [0.2, 0.25) is 0 Å². The Kier molecular flexibility index (Phi) is 2.70. The number of aromatic hydroxyl groups is 1. The lowest BCUT2D eigenvalue weighted by Crippen LogP contribution is -2.29. The first kappa shape index (κ1) is 9.49. The molecule has 3 nitrogen and oxygen atoms in total. The van der Waals surface area contributed by atoms with Crippen molar-refractivity contribution in [2.45, 2.75) is 24.9 Å². The maximum atomic E-state index is 9.65. The SMILES string of the molecule is NCC(NC1CC1)c1ccccc1O. The highest BCUT2D eigenvalue weighted by Gasteiger charge is 2.25. The van der Waals surface area contributed by atoms with Gasteiger partial charge >= 0.3 is 0 Å². The van der Waals surface area contributed by atoms with E-state index in [9.17, 15) is 5.11 Å². The van der Waals surface area contributed by atoms with E-state index in [1.807, 2.05) is 18.2 Å². The number of para-hydroxylation sites is 1. The number of phenols is 1. The average molecular weight is 192 g/mol. The molecule has 4 N–H and O–H groups in total. The van der Waals surface area contributed by atoms with Gasteiger partial charge in [0, 0.05) is 24.2 Å². The molecule has 0 bridgehead atoms. The largest absolute Gasteiger partial charge is 0.508 e. The Morgan fingerprint density at radius 3 is 2.71 bits per heavy atom. The van der Waals surface area contributed by atoms with E-state index in [4.69, 9.17) is 5.73 Å². The Balaban J connectivity index is 2.12. The molecule has 1 aromatic rings. The second-order valence-electron chi connectivity index (χ2n) is 3.79. The minimum Gasteiger partial charge on any atom is -0.508 e. The monoisotopic (exact) mass is 192 g/mol. The first-order valence-electron chi connectivity index (χ1n) is 5.05. The van der Waals surface area contributed by atoms with Crippen LogP contribution >= 0.6 is 0 Å². The van der Waals surface area contributed by atoms with Crippen molar-refractivity contribution in [3.05, 3.63) is 29.8 Å². The summed E-state index contributed by atoms with van der Waals surface area (Å²) in [6, 6.07) is 8.05. The topological polar surface area (TPSA) is 58.3 Å². The summed E-state index contributed by atoms with van der Waals surface area (Å²) in [6.07, 6.45) is 2.45. The first-order chi connectivity index (χ1) is 6.81. The summed E-state index contributed by atoms with van der Waals surface area (Å²) < 4.78 is 0. The maximum Gasteiger partial charge on any atom is 0.120 e. The molecule has 1 aliphatic rings. The van der Waals surface area contributed by atoms with Crippen LogP contribution in [0.1, 0.15) is 24.4 Å². The fraction of sp³-hybridized carbons (Fsp3) is 0.455. The van der Waals surface area contributed by atoms with Crippen molar-refractivity contribution < 1.29 is 5.11 Å². The van der Waals surface area contributed by atoms with Crippen LogP contribution in [-0.4, -0.2) is 17.7 Å². The van der Waals surface area contributed by atoms with Gasteiger partial charge in [-0.2, -0.15) is 0 Å². The van der Waals surface area contributed by atoms with Crippen molar-refractivity contribution in [2.75, 3.05) is 6.54 Å². The number of hydrogen-bond donors (Lipinski definition) is 3. The van der Waals surface area contributed by atoms with Crippen LogP contribution in [0, 0.1) is 0 Å². The fourth-order valence-electron chi connectivity index (χ4n) is 1.60. The molecule has 76 valence electrons. The second kappa shape index (κ2) is 3.98. The van der Waals surface area contributed by atoms with E-state index in [0.29, 0.717) is 18.3 Å². The first-order valence-corrected chi connectivity index (χ1v) is 5.05. The molecule has 0 aliphatic heterocycles. The summed E-state index contributed by atoms with van der Waals surface area (Å²) in [5.41, 5.74) is 6.58. The van der Waals surface area contributed by atoms with E-state index in [2.05, 4.69) is 5.32 Å². The zero-order chi connectivity index (χ0) is 9.97. The Morgan fingerprint density at radius 1 is 1.43 bits per heavy atom. The van der Waals surface area contributed by atoms with Gasteiger partial charge in [-0.25, -0.2) is 0 Å². The summed E-state index contributed by atoms with van der Waals surface area (Å²) in [4.78, 5) is 0. The minimum atomic E-state index is 0.0868. The van der Waals surface area contributed by atoms with E-state index >= 15 is 0 Å². The zero-order valence-electron chi connectivity index (χ0n) is 8.11. The molecular weight excluding hydrogens is 176 g/mol. The normalized spacial score (nSPS) is 18.1. The molecule has 0 amide bonds. The minimum absolute atomic E-state index is 0.0868. The lowest BCUT2D eigenvalue weighted by atomic mass is 10.1. The zero-order valence-corrected chi connectivity index (χ0v) is 8.11. The second-order valence-corrected chi connectivity index (χ2v) is 3.79. The van der Waals surface area contributed by atoms with E-state index in [-0.39, 0.29) is 6.04 Å². The van der Waals surface area contributed by atoms with Crippen LogP contribution in [0.4, 0.5) is 0 Å². The summed E-state index contributed by atoms with van der Waals surface area (Å²) in [5.74, 6) is 0.330. The highest BCUT2D eigenvalue weighted by Crippen LogP contribution is 2.27. The van der Waals surface area contributed by atoms with Gasteiger partial charge < -0.3 is 16.2 Å². The number of nitrogens with two attached hydrogens (primary N) is 1. The van der Waals surface area contributed by atoms with E-state index in [1.165, 1.54) is 12.8 Å². The van der Waals surface area contributed by atoms with E-state index in [0.717, 1.165) is 5.56 Å². The predicted molar refractivity (Wildman–Crippen MR) is 56.1 cm³/mol. The molecule has 14 heavy (non-hydrogen) atoms. The summed E-state index contributed by atoms with van der Waals surface area (Å²) >= 11 is 0. The average Bonchev–Trinajstić information content (AvgIpc) is 2.99. The quantitative estimate of drug-likeness (QED) is 0.670. The Hall–Kier alpha value is -1.06. The highest BCUT2D eigenvalue weighted by molar-refractivity contribution is 5.34. The number of hydrogen-bond acceptors (Lipinski definition) is 3. The molecule has 0 spiro atoms. The van der Waals surface area contributed by atoms with Gasteiger partial charge in [-0.05, 0) is 18.9 Å².